The van der Waals surface area contributed by atoms with Crippen molar-refractivity contribution in [3.63, 3.8) is 0 Å². The standard InChI is InChI=1S/C23H18N4O2/c24-15-17-8-11-21-20(14-17)25-23(26-22(29)18-4-2-1-3-5-18)27(21)13-12-16-6-9-19(28)10-7-16/h1-11,14,28H,12-13H2,(H,25,26,29). The van der Waals surface area contributed by atoms with E-state index < -0.39 is 0 Å². The molecule has 0 spiro atoms. The van der Waals surface area contributed by atoms with Crippen molar-refractivity contribution in [2.45, 2.75) is 13.0 Å². The fraction of sp³-hybridized carbons (Fsp3) is 0.0870. The van der Waals surface area contributed by atoms with Gasteiger partial charge in [-0.15, -0.1) is 0 Å². The van der Waals surface area contributed by atoms with E-state index in [9.17, 15) is 9.90 Å². The van der Waals surface area contributed by atoms with E-state index in [0.29, 0.717) is 35.6 Å². The summed E-state index contributed by atoms with van der Waals surface area (Å²) >= 11 is 0. The zero-order valence-corrected chi connectivity index (χ0v) is 15.5. The third kappa shape index (κ3) is 3.94. The van der Waals surface area contributed by atoms with Crippen molar-refractivity contribution >= 4 is 22.9 Å². The van der Waals surface area contributed by atoms with Gasteiger partial charge < -0.3 is 9.67 Å². The van der Waals surface area contributed by atoms with Gasteiger partial charge in [0.05, 0.1) is 22.7 Å². The zero-order valence-electron chi connectivity index (χ0n) is 15.5. The monoisotopic (exact) mass is 382 g/mol. The van der Waals surface area contributed by atoms with Crippen LogP contribution in [0, 0.1) is 11.3 Å². The minimum absolute atomic E-state index is 0.224. The number of aromatic hydroxyl groups is 1. The molecule has 0 bridgehead atoms. The molecule has 3 aromatic carbocycles. The van der Waals surface area contributed by atoms with Crippen LogP contribution in [-0.2, 0) is 13.0 Å². The van der Waals surface area contributed by atoms with Gasteiger partial charge in [0.1, 0.15) is 5.75 Å². The van der Waals surface area contributed by atoms with Crippen LogP contribution in [0.3, 0.4) is 0 Å². The van der Waals surface area contributed by atoms with Gasteiger partial charge in [-0.2, -0.15) is 5.26 Å². The van der Waals surface area contributed by atoms with Gasteiger partial charge in [0.15, 0.2) is 0 Å². The number of nitrogens with zero attached hydrogens (tertiary/aromatic N) is 3. The molecular weight excluding hydrogens is 364 g/mol. The van der Waals surface area contributed by atoms with Crippen LogP contribution in [0.1, 0.15) is 21.5 Å². The number of amides is 1. The number of fused-ring (bicyclic) bond motifs is 1. The van der Waals surface area contributed by atoms with Gasteiger partial charge in [-0.1, -0.05) is 30.3 Å². The highest BCUT2D eigenvalue weighted by Gasteiger charge is 2.15. The SMILES string of the molecule is N#Cc1ccc2c(c1)nc(NC(=O)c1ccccc1)n2CCc1ccc(O)cc1. The number of carbonyl (C=O) groups excluding carboxylic acids is 1. The Morgan fingerprint density at radius 1 is 1.07 bits per heavy atom. The summed E-state index contributed by atoms with van der Waals surface area (Å²) in [4.78, 5) is 17.2. The average Bonchev–Trinajstić information content (AvgIpc) is 3.09. The Bertz CT molecular complexity index is 1210. The lowest BCUT2D eigenvalue weighted by Gasteiger charge is -2.10. The molecule has 2 N–H and O–H groups in total. The molecule has 4 rings (SSSR count). The van der Waals surface area contributed by atoms with Gasteiger partial charge in [0.2, 0.25) is 5.95 Å². The van der Waals surface area contributed by atoms with E-state index in [4.69, 9.17) is 5.26 Å². The number of nitrogens with one attached hydrogen (secondary N) is 1. The molecule has 0 atom stereocenters. The van der Waals surface area contributed by atoms with Gasteiger partial charge in [-0.3, -0.25) is 10.1 Å². The number of phenols is 1. The number of rotatable bonds is 5. The Morgan fingerprint density at radius 2 is 1.83 bits per heavy atom. The first-order chi connectivity index (χ1) is 14.1. The quantitative estimate of drug-likeness (QED) is 0.543. The number of anilines is 1. The van der Waals surface area contributed by atoms with Gasteiger partial charge in [0.25, 0.3) is 5.91 Å². The molecular formula is C23H18N4O2. The molecule has 0 unspecified atom stereocenters. The highest BCUT2D eigenvalue weighted by molar-refractivity contribution is 6.04. The van der Waals surface area contributed by atoms with E-state index in [0.717, 1.165) is 11.1 Å². The van der Waals surface area contributed by atoms with Gasteiger partial charge in [0, 0.05) is 12.1 Å². The normalized spacial score (nSPS) is 10.6. The first-order valence-corrected chi connectivity index (χ1v) is 9.19. The van der Waals surface area contributed by atoms with Crippen LogP contribution >= 0.6 is 0 Å². The van der Waals surface area contributed by atoms with Crippen molar-refractivity contribution in [1.29, 1.82) is 5.26 Å². The Morgan fingerprint density at radius 3 is 2.55 bits per heavy atom. The lowest BCUT2D eigenvalue weighted by Crippen LogP contribution is -2.16. The summed E-state index contributed by atoms with van der Waals surface area (Å²) in [6.45, 7) is 0.581. The summed E-state index contributed by atoms with van der Waals surface area (Å²) in [5, 5.41) is 21.5. The molecule has 142 valence electrons. The number of hydrogen-bond acceptors (Lipinski definition) is 4. The van der Waals surface area contributed by atoms with Crippen molar-refractivity contribution in [3.05, 3.63) is 89.5 Å². The van der Waals surface area contributed by atoms with Crippen LogP contribution in [0.2, 0.25) is 0 Å². The highest BCUT2D eigenvalue weighted by atomic mass is 16.3. The molecule has 0 radical (unpaired) electrons. The first-order valence-electron chi connectivity index (χ1n) is 9.19. The summed E-state index contributed by atoms with van der Waals surface area (Å²) in [7, 11) is 0. The number of nitriles is 1. The van der Waals surface area contributed by atoms with Gasteiger partial charge in [-0.25, -0.2) is 4.98 Å². The number of aromatic nitrogens is 2. The molecule has 0 aliphatic heterocycles. The molecule has 0 fully saturated rings. The third-order valence-corrected chi connectivity index (χ3v) is 4.70. The fourth-order valence-corrected chi connectivity index (χ4v) is 3.19. The van der Waals surface area contributed by atoms with Crippen molar-refractivity contribution in [3.8, 4) is 11.8 Å². The lowest BCUT2D eigenvalue weighted by molar-refractivity contribution is 0.102. The predicted octanol–water partition coefficient (Wildman–Crippen LogP) is 4.11. The predicted molar refractivity (Wildman–Crippen MR) is 111 cm³/mol. The highest BCUT2D eigenvalue weighted by Crippen LogP contribution is 2.23. The molecule has 6 nitrogen and oxygen atoms in total. The molecule has 0 saturated carbocycles. The maximum atomic E-state index is 12.6. The van der Waals surface area contributed by atoms with Crippen molar-refractivity contribution in [2.24, 2.45) is 0 Å². The van der Waals surface area contributed by atoms with Crippen LogP contribution in [0.5, 0.6) is 5.75 Å². The molecule has 29 heavy (non-hydrogen) atoms. The topological polar surface area (TPSA) is 90.9 Å². The van der Waals surface area contributed by atoms with Crippen LogP contribution in [0.25, 0.3) is 11.0 Å². The second-order valence-electron chi connectivity index (χ2n) is 6.64. The summed E-state index contributed by atoms with van der Waals surface area (Å²) in [5.74, 6) is 0.414. The summed E-state index contributed by atoms with van der Waals surface area (Å²) in [6, 6.07) is 23.4. The molecule has 0 aliphatic carbocycles. The molecule has 6 heteroatoms. The van der Waals surface area contributed by atoms with E-state index >= 15 is 0 Å². The molecule has 4 aromatic rings. The van der Waals surface area contributed by atoms with Crippen molar-refractivity contribution in [2.75, 3.05) is 5.32 Å². The van der Waals surface area contributed by atoms with Crippen LogP contribution in [0.15, 0.2) is 72.8 Å². The Balaban J connectivity index is 1.67. The van der Waals surface area contributed by atoms with E-state index in [1.165, 1.54) is 0 Å². The minimum Gasteiger partial charge on any atom is -0.508 e. The third-order valence-electron chi connectivity index (χ3n) is 4.70. The number of phenolic OH excluding ortho intramolecular Hbond substituents is 1. The summed E-state index contributed by atoms with van der Waals surface area (Å²) in [6.07, 6.45) is 0.694. The van der Waals surface area contributed by atoms with Crippen molar-refractivity contribution in [1.82, 2.24) is 9.55 Å². The molecule has 0 aliphatic rings. The molecule has 1 aromatic heterocycles. The van der Waals surface area contributed by atoms with Gasteiger partial charge in [-0.05, 0) is 54.4 Å². The van der Waals surface area contributed by atoms with E-state index in [1.54, 1.807) is 36.4 Å². The van der Waals surface area contributed by atoms with Gasteiger partial charge >= 0.3 is 0 Å². The van der Waals surface area contributed by atoms with E-state index in [-0.39, 0.29) is 11.7 Å². The summed E-state index contributed by atoms with van der Waals surface area (Å²) < 4.78 is 1.93. The largest absolute Gasteiger partial charge is 0.508 e. The fourth-order valence-electron chi connectivity index (χ4n) is 3.19. The maximum Gasteiger partial charge on any atom is 0.257 e. The summed E-state index contributed by atoms with van der Waals surface area (Å²) in [5.41, 5.74) is 3.60. The van der Waals surface area contributed by atoms with Crippen LogP contribution in [-0.4, -0.2) is 20.6 Å². The number of benzene rings is 3. The molecule has 1 heterocycles. The Labute approximate surface area is 167 Å². The second kappa shape index (κ2) is 7.87. The number of imidazole rings is 1. The minimum atomic E-state index is -0.243. The Hall–Kier alpha value is -4.11. The number of hydrogen-bond donors (Lipinski definition) is 2. The number of carbonyl (C=O) groups is 1. The van der Waals surface area contributed by atoms with E-state index in [1.807, 2.05) is 41.0 Å². The smallest absolute Gasteiger partial charge is 0.257 e. The molecule has 0 saturated heterocycles. The van der Waals surface area contributed by atoms with E-state index in [2.05, 4.69) is 16.4 Å². The zero-order chi connectivity index (χ0) is 20.2. The first kappa shape index (κ1) is 18.3. The van der Waals surface area contributed by atoms with Crippen LogP contribution < -0.4 is 5.32 Å². The molecule has 1 amide bonds. The lowest BCUT2D eigenvalue weighted by atomic mass is 10.1. The maximum absolute atomic E-state index is 12.6. The Kier molecular flexibility index (Phi) is 4.95. The second-order valence-corrected chi connectivity index (χ2v) is 6.64. The number of aryl methyl sites for hydroxylation is 2. The average molecular weight is 382 g/mol. The van der Waals surface area contributed by atoms with Crippen LogP contribution in [0.4, 0.5) is 5.95 Å². The van der Waals surface area contributed by atoms with Crippen molar-refractivity contribution < 1.29 is 9.90 Å².